The van der Waals surface area contributed by atoms with E-state index in [1.807, 2.05) is 22.7 Å². The van der Waals surface area contributed by atoms with E-state index in [0.717, 1.165) is 6.42 Å². The van der Waals surface area contributed by atoms with Gasteiger partial charge in [0.15, 0.2) is 0 Å². The van der Waals surface area contributed by atoms with Gasteiger partial charge in [-0.15, -0.1) is 22.7 Å². The standard InChI is InChI=1S/C21H20S2/c1-12-9-16(10-18-13(2)15(4)22-21(12)18)11-20-14(3)17-7-5-6-8-19(17)23-20/h5-10H,11H2,1-4H3. The lowest BCUT2D eigenvalue weighted by Crippen LogP contribution is -1.89. The van der Waals surface area contributed by atoms with Gasteiger partial charge >= 0.3 is 0 Å². The molecule has 0 aliphatic carbocycles. The molecule has 0 saturated carbocycles. The minimum atomic E-state index is 1.04. The minimum absolute atomic E-state index is 1.04. The molecule has 2 heteroatoms. The molecule has 0 aliphatic rings. The molecule has 0 unspecified atom stereocenters. The number of hydrogen-bond donors (Lipinski definition) is 0. The Kier molecular flexibility index (Phi) is 3.55. The van der Waals surface area contributed by atoms with Crippen molar-refractivity contribution in [3.05, 3.63) is 68.4 Å². The van der Waals surface area contributed by atoms with Crippen molar-refractivity contribution in [3.63, 3.8) is 0 Å². The minimum Gasteiger partial charge on any atom is -0.140 e. The van der Waals surface area contributed by atoms with Crippen LogP contribution in [0, 0.1) is 27.7 Å². The monoisotopic (exact) mass is 336 g/mol. The Balaban J connectivity index is 1.82. The highest BCUT2D eigenvalue weighted by atomic mass is 32.1. The van der Waals surface area contributed by atoms with Crippen LogP contribution in [0.15, 0.2) is 36.4 Å². The molecule has 0 nitrogen and oxygen atoms in total. The molecule has 0 N–H and O–H groups in total. The zero-order valence-corrected chi connectivity index (χ0v) is 15.6. The van der Waals surface area contributed by atoms with Crippen molar-refractivity contribution in [2.75, 3.05) is 0 Å². The molecule has 2 heterocycles. The second kappa shape index (κ2) is 5.47. The maximum absolute atomic E-state index is 2.41. The Morgan fingerprint density at radius 3 is 2.39 bits per heavy atom. The van der Waals surface area contributed by atoms with E-state index in [9.17, 15) is 0 Å². The zero-order valence-electron chi connectivity index (χ0n) is 14.0. The van der Waals surface area contributed by atoms with E-state index in [-0.39, 0.29) is 0 Å². The number of benzene rings is 2. The normalized spacial score (nSPS) is 11.7. The van der Waals surface area contributed by atoms with Crippen LogP contribution in [-0.4, -0.2) is 0 Å². The van der Waals surface area contributed by atoms with Crippen LogP contribution >= 0.6 is 22.7 Å². The highest BCUT2D eigenvalue weighted by Gasteiger charge is 2.12. The Morgan fingerprint density at radius 2 is 1.61 bits per heavy atom. The van der Waals surface area contributed by atoms with Crippen LogP contribution in [0.2, 0.25) is 0 Å². The van der Waals surface area contributed by atoms with E-state index in [1.165, 1.54) is 52.2 Å². The fourth-order valence-corrected chi connectivity index (χ4v) is 5.72. The fourth-order valence-electron chi connectivity index (χ4n) is 3.36. The van der Waals surface area contributed by atoms with Crippen LogP contribution in [0.25, 0.3) is 20.2 Å². The molecule has 0 amide bonds. The number of aryl methyl sites for hydroxylation is 4. The first-order valence-corrected chi connectivity index (χ1v) is 9.64. The first-order valence-electron chi connectivity index (χ1n) is 8.01. The Labute approximate surface area is 145 Å². The van der Waals surface area contributed by atoms with Gasteiger partial charge in [0.2, 0.25) is 0 Å². The van der Waals surface area contributed by atoms with E-state index in [1.54, 1.807) is 0 Å². The SMILES string of the molecule is Cc1sc2c(C)cc(Cc3sc4ccccc4c3C)cc2c1C. The van der Waals surface area contributed by atoms with Crippen LogP contribution < -0.4 is 0 Å². The molecule has 0 aliphatic heterocycles. The molecule has 0 atom stereocenters. The van der Waals surface area contributed by atoms with E-state index in [4.69, 9.17) is 0 Å². The third-order valence-electron chi connectivity index (χ3n) is 4.83. The van der Waals surface area contributed by atoms with E-state index >= 15 is 0 Å². The molecule has 0 radical (unpaired) electrons. The molecule has 4 rings (SSSR count). The van der Waals surface area contributed by atoms with Crippen molar-refractivity contribution in [1.82, 2.24) is 0 Å². The summed E-state index contributed by atoms with van der Waals surface area (Å²) in [5.74, 6) is 0. The van der Waals surface area contributed by atoms with Gasteiger partial charge in [0.1, 0.15) is 0 Å². The molecular weight excluding hydrogens is 316 g/mol. The summed E-state index contributed by atoms with van der Waals surface area (Å²) in [4.78, 5) is 2.94. The molecule has 4 aromatic rings. The zero-order chi connectivity index (χ0) is 16.1. The Bertz CT molecular complexity index is 1030. The van der Waals surface area contributed by atoms with Gasteiger partial charge in [0.25, 0.3) is 0 Å². The fraction of sp³-hybridized carbons (Fsp3) is 0.238. The first-order chi connectivity index (χ1) is 11.0. The summed E-state index contributed by atoms with van der Waals surface area (Å²) < 4.78 is 2.86. The molecule has 23 heavy (non-hydrogen) atoms. The quantitative estimate of drug-likeness (QED) is 0.372. The topological polar surface area (TPSA) is 0 Å². The van der Waals surface area contributed by atoms with Crippen LogP contribution in [0.4, 0.5) is 0 Å². The van der Waals surface area contributed by atoms with Crippen LogP contribution in [0.5, 0.6) is 0 Å². The molecule has 116 valence electrons. The summed E-state index contributed by atoms with van der Waals surface area (Å²) in [6.45, 7) is 9.00. The lowest BCUT2D eigenvalue weighted by atomic mass is 10.0. The highest BCUT2D eigenvalue weighted by Crippen LogP contribution is 2.36. The van der Waals surface area contributed by atoms with Gasteiger partial charge < -0.3 is 0 Å². The summed E-state index contributed by atoms with van der Waals surface area (Å²) >= 11 is 3.87. The molecule has 0 fully saturated rings. The third kappa shape index (κ3) is 2.41. The lowest BCUT2D eigenvalue weighted by molar-refractivity contribution is 1.21. The highest BCUT2D eigenvalue weighted by molar-refractivity contribution is 7.19. The molecule has 0 spiro atoms. The lowest BCUT2D eigenvalue weighted by Gasteiger charge is -2.05. The summed E-state index contributed by atoms with van der Waals surface area (Å²) in [6, 6.07) is 13.5. The molecule has 2 aromatic carbocycles. The van der Waals surface area contributed by atoms with Gasteiger partial charge in [0.05, 0.1) is 0 Å². The third-order valence-corrected chi connectivity index (χ3v) is 7.46. The van der Waals surface area contributed by atoms with Crippen molar-refractivity contribution >= 4 is 42.8 Å². The predicted molar refractivity (Wildman–Crippen MR) is 105 cm³/mol. The van der Waals surface area contributed by atoms with Crippen LogP contribution in [-0.2, 0) is 6.42 Å². The molecular formula is C21H20S2. The van der Waals surface area contributed by atoms with Crippen molar-refractivity contribution in [1.29, 1.82) is 0 Å². The van der Waals surface area contributed by atoms with Gasteiger partial charge in [-0.1, -0.05) is 24.3 Å². The van der Waals surface area contributed by atoms with E-state index < -0.39 is 0 Å². The van der Waals surface area contributed by atoms with Crippen molar-refractivity contribution in [2.45, 2.75) is 34.1 Å². The summed E-state index contributed by atoms with van der Waals surface area (Å²) in [6.07, 6.45) is 1.04. The van der Waals surface area contributed by atoms with E-state index in [0.29, 0.717) is 0 Å². The first kappa shape index (κ1) is 14.9. The maximum atomic E-state index is 2.41. The summed E-state index contributed by atoms with van der Waals surface area (Å²) in [5.41, 5.74) is 5.74. The molecule has 0 saturated heterocycles. The average molecular weight is 337 g/mol. The van der Waals surface area contributed by atoms with Gasteiger partial charge in [-0.05, 0) is 72.9 Å². The van der Waals surface area contributed by atoms with Crippen LogP contribution in [0.3, 0.4) is 0 Å². The van der Waals surface area contributed by atoms with Gasteiger partial charge in [-0.25, -0.2) is 0 Å². The average Bonchev–Trinajstić information content (AvgIpc) is 3.00. The Morgan fingerprint density at radius 1 is 0.826 bits per heavy atom. The van der Waals surface area contributed by atoms with Crippen molar-refractivity contribution in [2.24, 2.45) is 0 Å². The summed E-state index contributed by atoms with van der Waals surface area (Å²) in [7, 11) is 0. The Hall–Kier alpha value is -1.64. The largest absolute Gasteiger partial charge is 0.140 e. The van der Waals surface area contributed by atoms with Crippen molar-refractivity contribution < 1.29 is 0 Å². The second-order valence-corrected chi connectivity index (χ2v) is 8.76. The smallest absolute Gasteiger partial charge is 0.0377 e. The summed E-state index contributed by atoms with van der Waals surface area (Å²) in [5, 5.41) is 2.86. The molecule has 0 bridgehead atoms. The van der Waals surface area contributed by atoms with Gasteiger partial charge in [-0.2, -0.15) is 0 Å². The van der Waals surface area contributed by atoms with Gasteiger partial charge in [-0.3, -0.25) is 0 Å². The van der Waals surface area contributed by atoms with Crippen LogP contribution in [0.1, 0.15) is 32.0 Å². The van der Waals surface area contributed by atoms with E-state index in [2.05, 4.69) is 64.1 Å². The number of hydrogen-bond acceptors (Lipinski definition) is 2. The van der Waals surface area contributed by atoms with Crippen molar-refractivity contribution in [3.8, 4) is 0 Å². The number of rotatable bonds is 2. The predicted octanol–water partition coefficient (Wildman–Crippen LogP) is 6.94. The van der Waals surface area contributed by atoms with Gasteiger partial charge in [0, 0.05) is 25.6 Å². The maximum Gasteiger partial charge on any atom is 0.0377 e. The second-order valence-electron chi connectivity index (χ2n) is 6.40. The number of fused-ring (bicyclic) bond motifs is 2. The number of thiophene rings is 2. The molecule has 2 aromatic heterocycles.